The van der Waals surface area contributed by atoms with Gasteiger partial charge in [-0.3, -0.25) is 11.3 Å². The first-order chi connectivity index (χ1) is 5.79. The minimum absolute atomic E-state index is 0.0388. The number of hydrogen-bond acceptors (Lipinski definition) is 4. The summed E-state index contributed by atoms with van der Waals surface area (Å²) in [5, 5.41) is 0. The van der Waals surface area contributed by atoms with E-state index in [0.717, 1.165) is 5.56 Å². The van der Waals surface area contributed by atoms with Crippen LogP contribution >= 0.6 is 15.9 Å². The van der Waals surface area contributed by atoms with Crippen LogP contribution in [-0.2, 0) is 4.74 Å². The molecule has 0 amide bonds. The normalized spacial score (nSPS) is 13.2. The van der Waals surface area contributed by atoms with Gasteiger partial charge in [-0.05, 0) is 22.0 Å². The van der Waals surface area contributed by atoms with E-state index in [-0.39, 0.29) is 6.04 Å². The van der Waals surface area contributed by atoms with E-state index in [0.29, 0.717) is 11.3 Å². The first-order valence-electron chi connectivity index (χ1n) is 3.47. The molecule has 0 aliphatic heterocycles. The Hall–Kier alpha value is -0.360. The van der Waals surface area contributed by atoms with Gasteiger partial charge in [0.1, 0.15) is 0 Å². The number of rotatable bonds is 4. The summed E-state index contributed by atoms with van der Waals surface area (Å²) < 4.78 is 10.7. The minimum Gasteiger partial charge on any atom is -0.457 e. The van der Waals surface area contributed by atoms with E-state index >= 15 is 0 Å². The number of furan rings is 1. The molecule has 0 aromatic carbocycles. The fourth-order valence-corrected chi connectivity index (χ4v) is 1.46. The molecule has 4 nitrogen and oxygen atoms in total. The maximum absolute atomic E-state index is 5.33. The predicted octanol–water partition coefficient (Wildman–Crippen LogP) is 1.19. The number of methoxy groups -OCH3 is 1. The molecular formula is C7H11BrN2O2. The molecule has 1 aromatic rings. The molecule has 1 atom stereocenters. The Morgan fingerprint density at radius 2 is 2.58 bits per heavy atom. The van der Waals surface area contributed by atoms with Gasteiger partial charge in [0.25, 0.3) is 0 Å². The molecule has 0 radical (unpaired) electrons. The molecule has 0 bridgehead atoms. The summed E-state index contributed by atoms with van der Waals surface area (Å²) in [7, 11) is 1.62. The Morgan fingerprint density at radius 3 is 3.00 bits per heavy atom. The smallest absolute Gasteiger partial charge is 0.173 e. The highest BCUT2D eigenvalue weighted by atomic mass is 79.9. The highest BCUT2D eigenvalue weighted by molar-refractivity contribution is 9.10. The fourth-order valence-electron chi connectivity index (χ4n) is 0.948. The van der Waals surface area contributed by atoms with E-state index in [4.69, 9.17) is 15.0 Å². The van der Waals surface area contributed by atoms with E-state index in [1.807, 2.05) is 6.07 Å². The van der Waals surface area contributed by atoms with Gasteiger partial charge in [-0.1, -0.05) is 0 Å². The molecule has 0 saturated heterocycles. The van der Waals surface area contributed by atoms with Crippen LogP contribution in [0.3, 0.4) is 0 Å². The van der Waals surface area contributed by atoms with Gasteiger partial charge >= 0.3 is 0 Å². The van der Waals surface area contributed by atoms with E-state index in [9.17, 15) is 0 Å². The predicted molar refractivity (Wildman–Crippen MR) is 48.3 cm³/mol. The lowest BCUT2D eigenvalue weighted by atomic mass is 10.2. The second kappa shape index (κ2) is 4.61. The monoisotopic (exact) mass is 234 g/mol. The topological polar surface area (TPSA) is 60.4 Å². The molecule has 0 spiro atoms. The van der Waals surface area contributed by atoms with Gasteiger partial charge in [0, 0.05) is 12.7 Å². The lowest BCUT2D eigenvalue weighted by Gasteiger charge is -2.12. The third kappa shape index (κ3) is 2.07. The molecule has 5 heteroatoms. The maximum atomic E-state index is 5.33. The Kier molecular flexibility index (Phi) is 3.74. The first-order valence-corrected chi connectivity index (χ1v) is 4.27. The zero-order chi connectivity index (χ0) is 8.97. The number of nitrogens with one attached hydrogen (secondary N) is 1. The Balaban J connectivity index is 2.72. The van der Waals surface area contributed by atoms with Crippen molar-refractivity contribution in [2.45, 2.75) is 6.04 Å². The summed E-state index contributed by atoms with van der Waals surface area (Å²) in [5.74, 6) is 5.33. The van der Waals surface area contributed by atoms with E-state index in [2.05, 4.69) is 21.4 Å². The van der Waals surface area contributed by atoms with Crippen LogP contribution in [0.5, 0.6) is 0 Å². The molecule has 0 fully saturated rings. The van der Waals surface area contributed by atoms with Gasteiger partial charge in [-0.25, -0.2) is 0 Å². The summed E-state index contributed by atoms with van der Waals surface area (Å²) in [5.41, 5.74) is 3.59. The van der Waals surface area contributed by atoms with Crippen LogP contribution < -0.4 is 11.3 Å². The molecule has 0 aliphatic rings. The summed E-state index contributed by atoms with van der Waals surface area (Å²) >= 11 is 3.26. The van der Waals surface area contributed by atoms with Crippen LogP contribution in [0.1, 0.15) is 11.6 Å². The zero-order valence-electron chi connectivity index (χ0n) is 6.71. The Labute approximate surface area is 79.2 Å². The molecule has 0 aliphatic carbocycles. The molecule has 3 N–H and O–H groups in total. The molecule has 0 saturated carbocycles. The van der Waals surface area contributed by atoms with Gasteiger partial charge in [0.2, 0.25) is 0 Å². The average Bonchev–Trinajstić information content (AvgIpc) is 2.47. The van der Waals surface area contributed by atoms with Crippen LogP contribution in [-0.4, -0.2) is 13.7 Å². The van der Waals surface area contributed by atoms with Crippen molar-refractivity contribution in [1.82, 2.24) is 5.43 Å². The maximum Gasteiger partial charge on any atom is 0.173 e. The summed E-state index contributed by atoms with van der Waals surface area (Å²) in [6.45, 7) is 0.509. The molecule has 12 heavy (non-hydrogen) atoms. The van der Waals surface area contributed by atoms with Crippen molar-refractivity contribution in [3.63, 3.8) is 0 Å². The van der Waals surface area contributed by atoms with Crippen molar-refractivity contribution in [2.75, 3.05) is 13.7 Å². The second-order valence-electron chi connectivity index (χ2n) is 2.32. The standard InChI is InChI=1S/C7H11BrN2O2/c1-11-4-6(10-9)5-2-3-12-7(5)8/h2-3,6,10H,4,9H2,1H3. The summed E-state index contributed by atoms with van der Waals surface area (Å²) in [6, 6.07) is 1.80. The highest BCUT2D eigenvalue weighted by Gasteiger charge is 2.14. The van der Waals surface area contributed by atoms with Crippen LogP contribution in [0, 0.1) is 0 Å². The van der Waals surface area contributed by atoms with Crippen molar-refractivity contribution in [3.8, 4) is 0 Å². The largest absolute Gasteiger partial charge is 0.457 e. The second-order valence-corrected chi connectivity index (χ2v) is 3.04. The number of hydrazine groups is 1. The van der Waals surface area contributed by atoms with E-state index in [1.54, 1.807) is 13.4 Å². The number of nitrogens with two attached hydrogens (primary N) is 1. The van der Waals surface area contributed by atoms with Crippen molar-refractivity contribution in [1.29, 1.82) is 0 Å². The third-order valence-corrected chi connectivity index (χ3v) is 2.20. The van der Waals surface area contributed by atoms with Crippen LogP contribution in [0.15, 0.2) is 21.4 Å². The van der Waals surface area contributed by atoms with E-state index in [1.165, 1.54) is 0 Å². The minimum atomic E-state index is -0.0388. The van der Waals surface area contributed by atoms with Crippen LogP contribution in [0.25, 0.3) is 0 Å². The van der Waals surface area contributed by atoms with Gasteiger partial charge in [0.15, 0.2) is 4.67 Å². The van der Waals surface area contributed by atoms with Crippen LogP contribution in [0.4, 0.5) is 0 Å². The lowest BCUT2D eigenvalue weighted by molar-refractivity contribution is 0.166. The van der Waals surface area contributed by atoms with Crippen molar-refractivity contribution in [3.05, 3.63) is 22.6 Å². The van der Waals surface area contributed by atoms with Crippen molar-refractivity contribution in [2.24, 2.45) is 5.84 Å². The zero-order valence-corrected chi connectivity index (χ0v) is 8.30. The van der Waals surface area contributed by atoms with Gasteiger partial charge in [-0.15, -0.1) is 0 Å². The Bertz CT molecular complexity index is 239. The molecule has 1 heterocycles. The summed E-state index contributed by atoms with van der Waals surface area (Å²) in [4.78, 5) is 0. The lowest BCUT2D eigenvalue weighted by Crippen LogP contribution is -2.30. The van der Waals surface area contributed by atoms with Crippen LogP contribution in [0.2, 0.25) is 0 Å². The van der Waals surface area contributed by atoms with Crippen molar-refractivity contribution >= 4 is 15.9 Å². The highest BCUT2D eigenvalue weighted by Crippen LogP contribution is 2.23. The van der Waals surface area contributed by atoms with Crippen molar-refractivity contribution < 1.29 is 9.15 Å². The van der Waals surface area contributed by atoms with Gasteiger partial charge in [-0.2, -0.15) is 0 Å². The van der Waals surface area contributed by atoms with Gasteiger partial charge < -0.3 is 9.15 Å². The SMILES string of the molecule is COCC(NN)c1ccoc1Br. The average molecular weight is 235 g/mol. The quantitative estimate of drug-likeness (QED) is 0.608. The van der Waals surface area contributed by atoms with Gasteiger partial charge in [0.05, 0.1) is 18.9 Å². The molecule has 1 unspecified atom stereocenters. The Morgan fingerprint density at radius 1 is 1.83 bits per heavy atom. The van der Waals surface area contributed by atoms with E-state index < -0.39 is 0 Å². The summed E-state index contributed by atoms with van der Waals surface area (Å²) in [6.07, 6.45) is 1.60. The molecule has 68 valence electrons. The number of hydrogen-bond donors (Lipinski definition) is 2. The number of halogens is 1. The number of ether oxygens (including phenoxy) is 1. The molecular weight excluding hydrogens is 224 g/mol. The third-order valence-electron chi connectivity index (χ3n) is 1.56. The fraction of sp³-hybridized carbons (Fsp3) is 0.429. The first kappa shape index (κ1) is 9.73. The molecule has 1 aromatic heterocycles. The molecule has 1 rings (SSSR count).